The van der Waals surface area contributed by atoms with Gasteiger partial charge in [-0.1, -0.05) is 0 Å². The van der Waals surface area contributed by atoms with Crippen LogP contribution in [0.5, 0.6) is 0 Å². The van der Waals surface area contributed by atoms with Gasteiger partial charge in [-0.25, -0.2) is 4.57 Å². The van der Waals surface area contributed by atoms with E-state index in [9.17, 15) is 14.9 Å². The Morgan fingerprint density at radius 2 is 2.28 bits per heavy atom. The summed E-state index contributed by atoms with van der Waals surface area (Å²) in [6.45, 7) is 1.78. The molecular formula is C10H11N5O3. The highest BCUT2D eigenvalue weighted by molar-refractivity contribution is 6.03. The summed E-state index contributed by atoms with van der Waals surface area (Å²) in [5, 5.41) is 19.7. The molecule has 2 aromatic heterocycles. The first-order chi connectivity index (χ1) is 8.50. The van der Waals surface area contributed by atoms with Crippen LogP contribution in [-0.2, 0) is 7.05 Å². The zero-order valence-corrected chi connectivity index (χ0v) is 9.80. The van der Waals surface area contributed by atoms with Gasteiger partial charge in [0.1, 0.15) is 5.82 Å². The number of carbonyl (C=O) groups is 1. The fraction of sp³-hybridized carbons (Fsp3) is 0.200. The molecule has 2 aromatic rings. The third-order valence-corrected chi connectivity index (χ3v) is 2.58. The Bertz CT molecular complexity index is 613. The lowest BCUT2D eigenvalue weighted by molar-refractivity contribution is -0.391. The number of nitrogens with zero attached hydrogens (tertiary/aromatic N) is 3. The van der Waals surface area contributed by atoms with Crippen LogP contribution in [0.4, 0.5) is 11.6 Å². The maximum Gasteiger partial charge on any atom is 0.323 e. The summed E-state index contributed by atoms with van der Waals surface area (Å²) < 4.78 is 1.22. The van der Waals surface area contributed by atoms with Gasteiger partial charge in [0.15, 0.2) is 5.69 Å². The molecule has 18 heavy (non-hydrogen) atoms. The molecule has 1 amide bonds. The van der Waals surface area contributed by atoms with Gasteiger partial charge < -0.3 is 15.4 Å². The van der Waals surface area contributed by atoms with Crippen molar-refractivity contribution in [3.05, 3.63) is 39.7 Å². The molecule has 8 nitrogen and oxygen atoms in total. The van der Waals surface area contributed by atoms with Crippen molar-refractivity contribution in [2.45, 2.75) is 6.92 Å². The zero-order valence-electron chi connectivity index (χ0n) is 9.80. The highest BCUT2D eigenvalue weighted by Crippen LogP contribution is 2.17. The number of H-pyrrole nitrogens is 1. The molecular weight excluding hydrogens is 238 g/mol. The molecule has 0 saturated heterocycles. The molecule has 0 spiro atoms. The van der Waals surface area contributed by atoms with Crippen molar-refractivity contribution < 1.29 is 9.72 Å². The van der Waals surface area contributed by atoms with Gasteiger partial charge in [-0.15, -0.1) is 0 Å². The molecule has 94 valence electrons. The van der Waals surface area contributed by atoms with Crippen molar-refractivity contribution in [2.75, 3.05) is 5.32 Å². The van der Waals surface area contributed by atoms with Crippen LogP contribution in [0.15, 0.2) is 18.3 Å². The van der Waals surface area contributed by atoms with Crippen LogP contribution < -0.4 is 5.32 Å². The van der Waals surface area contributed by atoms with Crippen molar-refractivity contribution in [1.29, 1.82) is 0 Å². The quantitative estimate of drug-likeness (QED) is 0.630. The average Bonchev–Trinajstić information content (AvgIpc) is 2.86. The van der Waals surface area contributed by atoms with Crippen LogP contribution in [-0.4, -0.2) is 25.6 Å². The number of aryl methyl sites for hydroxylation is 1. The maximum atomic E-state index is 11.9. The minimum absolute atomic E-state index is 0.138. The molecule has 0 bridgehead atoms. The third-order valence-electron chi connectivity index (χ3n) is 2.58. The Labute approximate surface area is 102 Å². The van der Waals surface area contributed by atoms with Gasteiger partial charge >= 0.3 is 5.82 Å². The molecule has 0 atom stereocenters. The Hall–Kier alpha value is -2.64. The molecule has 2 heterocycles. The van der Waals surface area contributed by atoms with Gasteiger partial charge in [0.25, 0.3) is 5.91 Å². The monoisotopic (exact) mass is 249 g/mol. The number of carbonyl (C=O) groups excluding carboxylic acids is 1. The topological polar surface area (TPSA) is 106 Å². The molecule has 0 aliphatic carbocycles. The molecule has 2 N–H and O–H groups in total. The number of aromatic amines is 1. The standard InChI is InChI=1S/C10H11N5O3/c1-6-5-11-13-9(6)12-10(16)7-3-4-8(14(7)2)15(17)18/h3-5H,1-2H3,(H2,11,12,13,16). The van der Waals surface area contributed by atoms with E-state index in [2.05, 4.69) is 15.5 Å². The summed E-state index contributed by atoms with van der Waals surface area (Å²) in [4.78, 5) is 22.0. The number of rotatable bonds is 3. The first kappa shape index (κ1) is 11.8. The van der Waals surface area contributed by atoms with Gasteiger partial charge in [0, 0.05) is 11.6 Å². The van der Waals surface area contributed by atoms with E-state index in [4.69, 9.17) is 0 Å². The Kier molecular flexibility index (Phi) is 2.84. The molecule has 0 saturated carbocycles. The van der Waals surface area contributed by atoms with E-state index >= 15 is 0 Å². The normalized spacial score (nSPS) is 10.3. The van der Waals surface area contributed by atoms with Crippen LogP contribution in [0.25, 0.3) is 0 Å². The summed E-state index contributed by atoms with van der Waals surface area (Å²) >= 11 is 0. The van der Waals surface area contributed by atoms with Crippen molar-refractivity contribution in [3.63, 3.8) is 0 Å². The summed E-state index contributed by atoms with van der Waals surface area (Å²) in [6.07, 6.45) is 1.57. The summed E-state index contributed by atoms with van der Waals surface area (Å²) in [6, 6.07) is 2.69. The molecule has 2 rings (SSSR count). The van der Waals surface area contributed by atoms with E-state index in [1.807, 2.05) is 0 Å². The number of nitrogens with one attached hydrogen (secondary N) is 2. The van der Waals surface area contributed by atoms with Crippen molar-refractivity contribution in [3.8, 4) is 0 Å². The zero-order chi connectivity index (χ0) is 13.3. The van der Waals surface area contributed by atoms with E-state index in [1.165, 1.54) is 23.7 Å². The lowest BCUT2D eigenvalue weighted by atomic mass is 10.3. The molecule has 0 fully saturated rings. The number of amides is 1. The van der Waals surface area contributed by atoms with Crippen LogP contribution in [0.2, 0.25) is 0 Å². The van der Waals surface area contributed by atoms with E-state index < -0.39 is 10.8 Å². The largest absolute Gasteiger partial charge is 0.358 e. The molecule has 0 radical (unpaired) electrons. The van der Waals surface area contributed by atoms with Crippen molar-refractivity contribution in [2.24, 2.45) is 7.05 Å². The fourth-order valence-electron chi connectivity index (χ4n) is 1.56. The lowest BCUT2D eigenvalue weighted by Crippen LogP contribution is -2.17. The fourth-order valence-corrected chi connectivity index (χ4v) is 1.56. The Morgan fingerprint density at radius 1 is 1.56 bits per heavy atom. The van der Waals surface area contributed by atoms with Gasteiger partial charge in [-0.3, -0.25) is 9.89 Å². The summed E-state index contributed by atoms with van der Waals surface area (Å²) in [7, 11) is 1.47. The predicted octanol–water partition coefficient (Wildman–Crippen LogP) is 1.22. The van der Waals surface area contributed by atoms with Gasteiger partial charge in [0.2, 0.25) is 0 Å². The van der Waals surface area contributed by atoms with Crippen molar-refractivity contribution >= 4 is 17.5 Å². The molecule has 8 heteroatoms. The Morgan fingerprint density at radius 3 is 2.78 bits per heavy atom. The highest BCUT2D eigenvalue weighted by atomic mass is 16.6. The van der Waals surface area contributed by atoms with Crippen LogP contribution in [0.3, 0.4) is 0 Å². The van der Waals surface area contributed by atoms with Crippen LogP contribution in [0.1, 0.15) is 16.1 Å². The molecule has 0 aromatic carbocycles. The molecule has 0 aliphatic rings. The number of anilines is 1. The second-order valence-electron chi connectivity index (χ2n) is 3.78. The van der Waals surface area contributed by atoms with Crippen molar-refractivity contribution in [1.82, 2.24) is 14.8 Å². The number of hydrogen-bond donors (Lipinski definition) is 2. The molecule has 0 unspecified atom stereocenters. The minimum Gasteiger partial charge on any atom is -0.358 e. The third kappa shape index (κ3) is 1.95. The smallest absolute Gasteiger partial charge is 0.323 e. The van der Waals surface area contributed by atoms with Gasteiger partial charge in [0.05, 0.1) is 13.2 Å². The van der Waals surface area contributed by atoms with E-state index in [0.29, 0.717) is 5.82 Å². The summed E-state index contributed by atoms with van der Waals surface area (Å²) in [5.41, 5.74) is 0.989. The number of aromatic nitrogens is 3. The van der Waals surface area contributed by atoms with Gasteiger partial charge in [-0.2, -0.15) is 5.10 Å². The van der Waals surface area contributed by atoms with E-state index in [0.717, 1.165) is 5.56 Å². The lowest BCUT2D eigenvalue weighted by Gasteiger charge is -2.02. The van der Waals surface area contributed by atoms with Crippen LogP contribution in [0, 0.1) is 17.0 Å². The van der Waals surface area contributed by atoms with Gasteiger partial charge in [-0.05, 0) is 17.9 Å². The predicted molar refractivity (Wildman–Crippen MR) is 63.3 cm³/mol. The second-order valence-corrected chi connectivity index (χ2v) is 3.78. The van der Waals surface area contributed by atoms with E-state index in [-0.39, 0.29) is 11.5 Å². The average molecular weight is 249 g/mol. The second kappa shape index (κ2) is 4.32. The van der Waals surface area contributed by atoms with E-state index in [1.54, 1.807) is 13.1 Å². The number of hydrogen-bond acceptors (Lipinski definition) is 4. The first-order valence-corrected chi connectivity index (χ1v) is 5.12. The Balaban J connectivity index is 2.25. The number of nitro groups is 1. The van der Waals surface area contributed by atoms with Crippen LogP contribution >= 0.6 is 0 Å². The first-order valence-electron chi connectivity index (χ1n) is 5.12. The minimum atomic E-state index is -0.543. The highest BCUT2D eigenvalue weighted by Gasteiger charge is 2.21. The molecule has 0 aliphatic heterocycles. The SMILES string of the molecule is Cc1cn[nH]c1NC(=O)c1ccc([N+](=O)[O-])n1C. The maximum absolute atomic E-state index is 11.9. The summed E-state index contributed by atoms with van der Waals surface area (Å²) in [5.74, 6) is -0.0942.